The normalized spacial score (nSPS) is 13.2. The van der Waals surface area contributed by atoms with Crippen LogP contribution in [0.15, 0.2) is 121 Å². The predicted octanol–water partition coefficient (Wildman–Crippen LogP) is 12.4. The van der Waals surface area contributed by atoms with Crippen LogP contribution in [0.3, 0.4) is 0 Å². The summed E-state index contributed by atoms with van der Waals surface area (Å²) in [5, 5.41) is 3.47. The number of hydrogen-bond donors (Lipinski definition) is 1. The van der Waals surface area contributed by atoms with Crippen LogP contribution in [0.5, 0.6) is 0 Å². The molecule has 1 radical (unpaired) electrons. The fraction of sp³-hybridized carbons (Fsp3) is 0.234. The summed E-state index contributed by atoms with van der Waals surface area (Å²) in [5.74, 6) is 2.03. The molecule has 10 heteroatoms. The number of aromatic nitrogens is 8. The topological polar surface area (TPSA) is 106 Å². The van der Waals surface area contributed by atoms with Crippen molar-refractivity contribution < 1.29 is 17.1 Å². The minimum atomic E-state index is 0. The Bertz CT molecular complexity index is 2550. The predicted molar refractivity (Wildman–Crippen MR) is 243 cm³/mol. The van der Waals surface area contributed by atoms with E-state index in [1.165, 1.54) is 6.42 Å². The Labute approximate surface area is 353 Å². The molecule has 5 aromatic rings. The summed E-state index contributed by atoms with van der Waals surface area (Å²) < 4.78 is 0. The molecular weight excluding hydrogens is 772 g/mol. The van der Waals surface area contributed by atoms with Crippen molar-refractivity contribution in [2.75, 3.05) is 0 Å². The first kappa shape index (κ1) is 46.0. The van der Waals surface area contributed by atoms with Gasteiger partial charge in [-0.25, -0.2) is 9.97 Å². The van der Waals surface area contributed by atoms with Crippen LogP contribution in [0, 0.1) is 0 Å². The first-order valence-electron chi connectivity index (χ1n) is 19.6. The third-order valence-corrected chi connectivity index (χ3v) is 8.67. The molecular formula is C47H52CuN8S. The molecule has 2 aliphatic carbocycles. The molecule has 0 unspecified atom stereocenters. The molecule has 4 aliphatic rings. The molecule has 0 amide bonds. The number of rotatable bonds is 2. The van der Waals surface area contributed by atoms with Gasteiger partial charge >= 0.3 is 17.1 Å². The fourth-order valence-electron chi connectivity index (χ4n) is 6.02. The molecule has 2 aromatic carbocycles. The number of nitrogens with zero attached hydrogens (tertiary/aromatic N) is 8. The largest absolute Gasteiger partial charge is 2.00 e. The Balaban J connectivity index is 0.000000474. The van der Waals surface area contributed by atoms with Gasteiger partial charge < -0.3 is 29.9 Å². The Hall–Kier alpha value is -5.41. The molecule has 297 valence electrons. The standard InChI is InChI=1S/C33H20N8.C6H8S.4C2H6.Cu/c1-3-18-19(4-2)27-34-26(18)35-28-22-14-8-10-16-24(22)32(37-28)40-30-20-12-6-5-7-13-21(20)31(39-30)41-33-25-17-11-9-15-23(25)29(36-27)38-33;7-6-4-2-1-3-5-6;4*1-2;/h3-12,14-17H,1-2,13H2;2,4-5,7H,1,3H2;4*1-2H3;/q-2;;;;;;+2. The van der Waals surface area contributed by atoms with E-state index in [9.17, 15) is 0 Å². The van der Waals surface area contributed by atoms with Crippen LogP contribution in [0.4, 0.5) is 0 Å². The van der Waals surface area contributed by atoms with Crippen molar-refractivity contribution in [3.8, 4) is 0 Å². The third kappa shape index (κ3) is 10.1. The zero-order valence-electron chi connectivity index (χ0n) is 34.2. The van der Waals surface area contributed by atoms with Crippen LogP contribution in [0.25, 0.3) is 66.4 Å². The third-order valence-electron chi connectivity index (χ3n) is 8.34. The second-order valence-electron chi connectivity index (χ2n) is 11.3. The van der Waals surface area contributed by atoms with E-state index in [1.54, 1.807) is 12.2 Å². The molecule has 3 aromatic heterocycles. The summed E-state index contributed by atoms with van der Waals surface area (Å²) in [5.41, 5.74) is 5.43. The van der Waals surface area contributed by atoms with E-state index in [4.69, 9.17) is 39.9 Å². The molecule has 8 nitrogen and oxygen atoms in total. The van der Waals surface area contributed by atoms with Gasteiger partial charge in [-0.15, -0.1) is 12.6 Å². The van der Waals surface area contributed by atoms with Crippen LogP contribution in [-0.4, -0.2) is 29.9 Å². The molecule has 0 saturated carbocycles. The van der Waals surface area contributed by atoms with Crippen molar-refractivity contribution in [1.29, 1.82) is 0 Å². The Morgan fingerprint density at radius 1 is 0.544 bits per heavy atom. The quantitative estimate of drug-likeness (QED) is 0.139. The zero-order valence-corrected chi connectivity index (χ0v) is 36.0. The molecule has 9 rings (SSSR count). The van der Waals surface area contributed by atoms with Gasteiger partial charge in [0.1, 0.15) is 0 Å². The van der Waals surface area contributed by atoms with Crippen molar-refractivity contribution in [3.05, 3.63) is 145 Å². The molecule has 0 fully saturated rings. The summed E-state index contributed by atoms with van der Waals surface area (Å²) in [6.45, 7) is 24.0. The SMILES string of the molecule is C=CC1=C(C=C)c2nc1nc1[n-]c(nc3nc(nc4[n-]c(n2)c2ccccc42)C2=C3C=CC=CC2)c2ccccc12.CC.CC.CC.CC.SC1=CCCC=C1.[Cu+2]. The minimum Gasteiger partial charge on any atom is -0.357 e. The maximum absolute atomic E-state index is 4.99. The van der Waals surface area contributed by atoms with E-state index in [2.05, 4.69) is 44.0 Å². The minimum absolute atomic E-state index is 0. The Kier molecular flexibility index (Phi) is 18.5. The molecule has 0 saturated heterocycles. The van der Waals surface area contributed by atoms with E-state index in [0.717, 1.165) is 55.2 Å². The molecule has 8 bridgehead atoms. The monoisotopic (exact) mass is 823 g/mol. The molecule has 0 N–H and O–H groups in total. The maximum Gasteiger partial charge on any atom is 2.00 e. The van der Waals surface area contributed by atoms with Gasteiger partial charge in [-0.2, -0.15) is 0 Å². The van der Waals surface area contributed by atoms with Gasteiger partial charge in [0.2, 0.25) is 0 Å². The van der Waals surface area contributed by atoms with Gasteiger partial charge in [-0.3, -0.25) is 0 Å². The number of fused-ring (bicyclic) bond motifs is 16. The van der Waals surface area contributed by atoms with E-state index < -0.39 is 0 Å². The van der Waals surface area contributed by atoms with Crippen LogP contribution >= 0.6 is 12.6 Å². The van der Waals surface area contributed by atoms with Crippen molar-refractivity contribution >= 4 is 79.1 Å². The van der Waals surface area contributed by atoms with Gasteiger partial charge in [0.25, 0.3) is 0 Å². The van der Waals surface area contributed by atoms with Crippen molar-refractivity contribution in [3.63, 3.8) is 0 Å². The van der Waals surface area contributed by atoms with Crippen molar-refractivity contribution in [2.45, 2.75) is 74.7 Å². The van der Waals surface area contributed by atoms with Crippen LogP contribution in [0.2, 0.25) is 0 Å². The summed E-state index contributed by atoms with van der Waals surface area (Å²) in [7, 11) is 0. The molecule has 2 aliphatic heterocycles. The summed E-state index contributed by atoms with van der Waals surface area (Å²) >= 11 is 4.14. The van der Waals surface area contributed by atoms with E-state index in [0.29, 0.717) is 52.3 Å². The van der Waals surface area contributed by atoms with E-state index in [-0.39, 0.29) is 17.1 Å². The average molecular weight is 825 g/mol. The van der Waals surface area contributed by atoms with Gasteiger partial charge in [-0.1, -0.05) is 172 Å². The van der Waals surface area contributed by atoms with Gasteiger partial charge in [0, 0.05) is 39.3 Å². The molecule has 0 atom stereocenters. The number of thiol groups is 1. The van der Waals surface area contributed by atoms with Crippen LogP contribution < -0.4 is 9.97 Å². The first-order valence-corrected chi connectivity index (χ1v) is 20.1. The summed E-state index contributed by atoms with van der Waals surface area (Å²) in [4.78, 5) is 40.3. The fourth-order valence-corrected chi connectivity index (χ4v) is 6.25. The van der Waals surface area contributed by atoms with Crippen molar-refractivity contribution in [1.82, 2.24) is 39.9 Å². The number of allylic oxidation sites excluding steroid dienone is 13. The second-order valence-corrected chi connectivity index (χ2v) is 11.8. The summed E-state index contributed by atoms with van der Waals surface area (Å²) in [6, 6.07) is 15.8. The van der Waals surface area contributed by atoms with Gasteiger partial charge in [0.15, 0.2) is 0 Å². The van der Waals surface area contributed by atoms with Gasteiger partial charge in [0.05, 0.1) is 23.3 Å². The number of benzene rings is 2. The Morgan fingerprint density at radius 2 is 0.982 bits per heavy atom. The Morgan fingerprint density at radius 3 is 1.39 bits per heavy atom. The van der Waals surface area contributed by atoms with Crippen LogP contribution in [0.1, 0.15) is 97.9 Å². The summed E-state index contributed by atoms with van der Waals surface area (Å²) in [6.07, 6.45) is 20.9. The van der Waals surface area contributed by atoms with E-state index in [1.807, 2.05) is 128 Å². The molecule has 0 spiro atoms. The van der Waals surface area contributed by atoms with E-state index >= 15 is 0 Å². The second kappa shape index (κ2) is 23.0. The molecule has 57 heavy (non-hydrogen) atoms. The zero-order chi connectivity index (χ0) is 40.6. The first-order chi connectivity index (χ1) is 27.6. The maximum atomic E-state index is 4.99. The smallest absolute Gasteiger partial charge is 0.357 e. The van der Waals surface area contributed by atoms with Gasteiger partial charge in [-0.05, 0) is 51.3 Å². The average Bonchev–Trinajstić information content (AvgIpc) is 3.93. The van der Waals surface area contributed by atoms with Crippen molar-refractivity contribution in [2.24, 2.45) is 0 Å². The number of hydrogen-bond acceptors (Lipinski definition) is 7. The molecule has 5 heterocycles. The van der Waals surface area contributed by atoms with Crippen LogP contribution in [-0.2, 0) is 17.1 Å².